The summed E-state index contributed by atoms with van der Waals surface area (Å²) in [6, 6.07) is 10.4. The third-order valence-electron chi connectivity index (χ3n) is 4.71. The molecular weight excluding hydrogens is 404 g/mol. The molecule has 2 amide bonds. The molecule has 1 saturated heterocycles. The van der Waals surface area contributed by atoms with Crippen LogP contribution in [0, 0.1) is 6.92 Å². The Morgan fingerprint density at radius 1 is 1.00 bits per heavy atom. The molecule has 2 N–H and O–H groups in total. The standard InChI is InChI=1S/C21H21ClN6O2/c1-14-18(22)26-19(27-20(14)28-10-12-30-13-11-28)15-2-4-16(5-3-15)24-21(29)25-17-6-8-23-9-7-17/h2-9H,10-13H2,1H3,(H2,23,24,25,29). The van der Waals surface area contributed by atoms with E-state index in [1.54, 1.807) is 36.7 Å². The number of hydrogen-bond donors (Lipinski definition) is 2. The number of hydrogen-bond acceptors (Lipinski definition) is 6. The van der Waals surface area contributed by atoms with E-state index in [9.17, 15) is 4.79 Å². The maximum atomic E-state index is 12.1. The number of rotatable bonds is 4. The summed E-state index contributed by atoms with van der Waals surface area (Å²) in [5, 5.41) is 5.97. The smallest absolute Gasteiger partial charge is 0.323 e. The molecule has 30 heavy (non-hydrogen) atoms. The van der Waals surface area contributed by atoms with Gasteiger partial charge in [0.25, 0.3) is 0 Å². The van der Waals surface area contributed by atoms with E-state index in [4.69, 9.17) is 21.3 Å². The van der Waals surface area contributed by atoms with Crippen molar-refractivity contribution in [1.82, 2.24) is 15.0 Å². The predicted octanol–water partition coefficient (Wildman–Crippen LogP) is 3.98. The highest BCUT2D eigenvalue weighted by Gasteiger charge is 2.19. The minimum absolute atomic E-state index is 0.335. The van der Waals surface area contributed by atoms with Gasteiger partial charge in [-0.25, -0.2) is 14.8 Å². The zero-order valence-corrected chi connectivity index (χ0v) is 17.2. The molecule has 3 heterocycles. The predicted molar refractivity (Wildman–Crippen MR) is 117 cm³/mol. The summed E-state index contributed by atoms with van der Waals surface area (Å²) < 4.78 is 5.43. The molecule has 9 heteroatoms. The average Bonchev–Trinajstić information content (AvgIpc) is 2.77. The fourth-order valence-corrected chi connectivity index (χ4v) is 3.29. The van der Waals surface area contributed by atoms with Crippen molar-refractivity contribution in [2.45, 2.75) is 6.92 Å². The summed E-state index contributed by atoms with van der Waals surface area (Å²) in [6.07, 6.45) is 3.23. The summed E-state index contributed by atoms with van der Waals surface area (Å²) in [4.78, 5) is 27.4. The number of amides is 2. The summed E-state index contributed by atoms with van der Waals surface area (Å²) in [5.41, 5.74) is 2.98. The van der Waals surface area contributed by atoms with Gasteiger partial charge in [-0.15, -0.1) is 0 Å². The molecule has 8 nitrogen and oxygen atoms in total. The van der Waals surface area contributed by atoms with E-state index in [1.807, 2.05) is 19.1 Å². The number of halogens is 1. The van der Waals surface area contributed by atoms with Crippen LogP contribution in [-0.4, -0.2) is 47.3 Å². The molecule has 1 fully saturated rings. The molecule has 1 aromatic carbocycles. The lowest BCUT2D eigenvalue weighted by Gasteiger charge is -2.29. The van der Waals surface area contributed by atoms with E-state index in [0.717, 1.165) is 30.0 Å². The van der Waals surface area contributed by atoms with Crippen LogP contribution in [0.15, 0.2) is 48.8 Å². The second-order valence-electron chi connectivity index (χ2n) is 6.78. The molecule has 0 aliphatic carbocycles. The molecule has 1 aliphatic rings. The Balaban J connectivity index is 1.49. The minimum Gasteiger partial charge on any atom is -0.378 e. The largest absolute Gasteiger partial charge is 0.378 e. The molecular formula is C21H21ClN6O2. The van der Waals surface area contributed by atoms with Crippen LogP contribution in [0.25, 0.3) is 11.4 Å². The van der Waals surface area contributed by atoms with Gasteiger partial charge >= 0.3 is 6.03 Å². The van der Waals surface area contributed by atoms with Gasteiger partial charge in [0.15, 0.2) is 5.82 Å². The first-order valence-electron chi connectivity index (χ1n) is 9.55. The van der Waals surface area contributed by atoms with Gasteiger partial charge < -0.3 is 20.3 Å². The Labute approximate surface area is 179 Å². The quantitative estimate of drug-likeness (QED) is 0.615. The molecule has 2 aromatic heterocycles. The van der Waals surface area contributed by atoms with E-state index in [2.05, 4.69) is 25.5 Å². The van der Waals surface area contributed by atoms with Crippen molar-refractivity contribution in [3.05, 3.63) is 59.5 Å². The maximum absolute atomic E-state index is 12.1. The van der Waals surface area contributed by atoms with E-state index >= 15 is 0 Å². The van der Waals surface area contributed by atoms with Crippen LogP contribution in [0.2, 0.25) is 5.15 Å². The highest BCUT2D eigenvalue weighted by molar-refractivity contribution is 6.30. The molecule has 1 aliphatic heterocycles. The second-order valence-corrected chi connectivity index (χ2v) is 7.14. The first-order valence-corrected chi connectivity index (χ1v) is 9.93. The van der Waals surface area contributed by atoms with Gasteiger partial charge in [-0.3, -0.25) is 4.98 Å². The number of morpholine rings is 1. The van der Waals surface area contributed by atoms with Crippen molar-refractivity contribution < 1.29 is 9.53 Å². The van der Waals surface area contributed by atoms with Gasteiger partial charge in [0.1, 0.15) is 11.0 Å². The third kappa shape index (κ3) is 4.67. The van der Waals surface area contributed by atoms with Crippen LogP contribution in [0.3, 0.4) is 0 Å². The van der Waals surface area contributed by atoms with Gasteiger partial charge in [-0.2, -0.15) is 0 Å². The fourth-order valence-electron chi connectivity index (χ4n) is 3.12. The zero-order chi connectivity index (χ0) is 20.9. The normalized spacial score (nSPS) is 13.7. The first-order chi connectivity index (χ1) is 14.6. The minimum atomic E-state index is -0.335. The van der Waals surface area contributed by atoms with E-state index in [1.165, 1.54) is 0 Å². The first kappa shape index (κ1) is 20.1. The van der Waals surface area contributed by atoms with Gasteiger partial charge in [-0.05, 0) is 43.3 Å². The molecule has 154 valence electrons. The molecule has 0 saturated carbocycles. The number of benzene rings is 1. The Hall–Kier alpha value is -3.23. The van der Waals surface area contributed by atoms with Gasteiger partial charge in [0.05, 0.1) is 13.2 Å². The summed E-state index contributed by atoms with van der Waals surface area (Å²) >= 11 is 6.39. The number of ether oxygens (including phenoxy) is 1. The molecule has 4 rings (SSSR count). The SMILES string of the molecule is Cc1c(Cl)nc(-c2ccc(NC(=O)Nc3ccncc3)cc2)nc1N1CCOCC1. The number of carbonyl (C=O) groups excluding carboxylic acids is 1. The van der Waals surface area contributed by atoms with Crippen molar-refractivity contribution >= 4 is 34.8 Å². The lowest BCUT2D eigenvalue weighted by atomic mass is 10.2. The Morgan fingerprint density at radius 3 is 2.30 bits per heavy atom. The lowest BCUT2D eigenvalue weighted by molar-refractivity contribution is 0.122. The van der Waals surface area contributed by atoms with Crippen LogP contribution >= 0.6 is 11.6 Å². The number of nitrogens with one attached hydrogen (secondary N) is 2. The van der Waals surface area contributed by atoms with Crippen molar-refractivity contribution in [3.63, 3.8) is 0 Å². The van der Waals surface area contributed by atoms with Crippen LogP contribution in [0.4, 0.5) is 22.0 Å². The molecule has 0 unspecified atom stereocenters. The molecule has 0 bridgehead atoms. The van der Waals surface area contributed by atoms with Crippen LogP contribution < -0.4 is 15.5 Å². The molecule has 0 atom stereocenters. The highest BCUT2D eigenvalue weighted by Crippen LogP contribution is 2.28. The number of pyridine rings is 1. The number of anilines is 3. The summed E-state index contributed by atoms with van der Waals surface area (Å²) in [6.45, 7) is 4.79. The van der Waals surface area contributed by atoms with E-state index < -0.39 is 0 Å². The van der Waals surface area contributed by atoms with E-state index in [0.29, 0.717) is 35.6 Å². The Kier molecular flexibility index (Phi) is 6.06. The van der Waals surface area contributed by atoms with Crippen molar-refractivity contribution in [1.29, 1.82) is 0 Å². The van der Waals surface area contributed by atoms with Crippen molar-refractivity contribution in [2.24, 2.45) is 0 Å². The van der Waals surface area contributed by atoms with Gasteiger partial charge in [0, 0.05) is 48.0 Å². The average molecular weight is 425 g/mol. The van der Waals surface area contributed by atoms with Crippen LogP contribution in [0.5, 0.6) is 0 Å². The van der Waals surface area contributed by atoms with Gasteiger partial charge in [-0.1, -0.05) is 11.6 Å². The summed E-state index contributed by atoms with van der Waals surface area (Å²) in [7, 11) is 0. The number of carbonyl (C=O) groups is 1. The zero-order valence-electron chi connectivity index (χ0n) is 16.4. The Morgan fingerprint density at radius 2 is 1.63 bits per heavy atom. The second kappa shape index (κ2) is 9.06. The van der Waals surface area contributed by atoms with Crippen molar-refractivity contribution in [2.75, 3.05) is 41.8 Å². The molecule has 0 radical (unpaired) electrons. The lowest BCUT2D eigenvalue weighted by Crippen LogP contribution is -2.37. The molecule has 0 spiro atoms. The number of urea groups is 1. The monoisotopic (exact) mass is 424 g/mol. The highest BCUT2D eigenvalue weighted by atomic mass is 35.5. The van der Waals surface area contributed by atoms with Gasteiger partial charge in [0.2, 0.25) is 0 Å². The van der Waals surface area contributed by atoms with Crippen molar-refractivity contribution in [3.8, 4) is 11.4 Å². The topological polar surface area (TPSA) is 92.3 Å². The molecule has 3 aromatic rings. The van der Waals surface area contributed by atoms with E-state index in [-0.39, 0.29) is 6.03 Å². The fraction of sp³-hybridized carbons (Fsp3) is 0.238. The maximum Gasteiger partial charge on any atom is 0.323 e. The Bertz CT molecular complexity index is 1020. The number of nitrogens with zero attached hydrogens (tertiary/aromatic N) is 4. The number of aromatic nitrogens is 3. The third-order valence-corrected chi connectivity index (χ3v) is 5.08. The van der Waals surface area contributed by atoms with Crippen LogP contribution in [-0.2, 0) is 4.74 Å². The van der Waals surface area contributed by atoms with Crippen LogP contribution in [0.1, 0.15) is 5.56 Å². The summed E-state index contributed by atoms with van der Waals surface area (Å²) in [5.74, 6) is 1.37.